The molecule has 0 aliphatic carbocycles. The average molecular weight is 395 g/mol. The Morgan fingerprint density at radius 3 is 2.68 bits per heavy atom. The zero-order chi connectivity index (χ0) is 17.2. The van der Waals surface area contributed by atoms with Crippen LogP contribution in [-0.4, -0.2) is 24.3 Å². The number of esters is 1. The summed E-state index contributed by atoms with van der Waals surface area (Å²) in [5.74, 6) is 3.12. The predicted octanol–water partition coefficient (Wildman–Crippen LogP) is 4.90. The maximum absolute atomic E-state index is 12.2. The number of ether oxygens (including phenoxy) is 3. The van der Waals surface area contributed by atoms with Crippen LogP contribution in [0.15, 0.2) is 36.4 Å². The molecule has 0 radical (unpaired) electrons. The van der Waals surface area contributed by atoms with Crippen molar-refractivity contribution in [3.8, 4) is 11.5 Å². The summed E-state index contributed by atoms with van der Waals surface area (Å²) in [5, 5.41) is 0.456. The van der Waals surface area contributed by atoms with Crippen LogP contribution >= 0.6 is 35.1 Å². The van der Waals surface area contributed by atoms with Crippen LogP contribution in [-0.2, 0) is 11.3 Å². The maximum Gasteiger partial charge on any atom is 0.338 e. The van der Waals surface area contributed by atoms with Crippen molar-refractivity contribution in [2.24, 2.45) is 0 Å². The first-order chi connectivity index (χ1) is 12.2. The number of halogens is 1. The highest BCUT2D eigenvalue weighted by atomic mass is 35.5. The molecule has 1 fully saturated rings. The number of hydrogen-bond donors (Lipinski definition) is 0. The van der Waals surface area contributed by atoms with Gasteiger partial charge in [-0.15, -0.1) is 23.5 Å². The summed E-state index contributed by atoms with van der Waals surface area (Å²) in [6.45, 7) is 0.285. The van der Waals surface area contributed by atoms with Crippen LogP contribution in [0.2, 0.25) is 5.02 Å². The quantitative estimate of drug-likeness (QED) is 0.687. The van der Waals surface area contributed by atoms with Gasteiger partial charge in [-0.3, -0.25) is 0 Å². The van der Waals surface area contributed by atoms with Crippen molar-refractivity contribution in [2.45, 2.75) is 11.2 Å². The van der Waals surface area contributed by atoms with Gasteiger partial charge in [0.15, 0.2) is 11.5 Å². The van der Waals surface area contributed by atoms with Crippen LogP contribution in [0.4, 0.5) is 0 Å². The summed E-state index contributed by atoms with van der Waals surface area (Å²) in [6, 6.07) is 11.2. The van der Waals surface area contributed by atoms with Crippen molar-refractivity contribution in [1.82, 2.24) is 0 Å². The standard InChI is InChI=1S/C18H15ClO4S2/c19-14-7-11(8-15-16(14)23-10-22-15)9-21-17(20)12-1-3-13(4-2-12)18-24-5-6-25-18/h1-4,7-8,18H,5-6,9-10H2. The summed E-state index contributed by atoms with van der Waals surface area (Å²) in [5.41, 5.74) is 2.55. The number of carbonyl (C=O) groups excluding carboxylic acids is 1. The van der Waals surface area contributed by atoms with Crippen molar-refractivity contribution in [2.75, 3.05) is 18.3 Å². The average Bonchev–Trinajstić information content (AvgIpc) is 3.31. The van der Waals surface area contributed by atoms with E-state index in [4.69, 9.17) is 25.8 Å². The molecule has 0 spiro atoms. The molecule has 130 valence electrons. The molecule has 2 aliphatic heterocycles. The zero-order valence-corrected chi connectivity index (χ0v) is 15.6. The van der Waals surface area contributed by atoms with Crippen molar-refractivity contribution < 1.29 is 19.0 Å². The lowest BCUT2D eigenvalue weighted by atomic mass is 10.1. The maximum atomic E-state index is 12.2. The molecular weight excluding hydrogens is 380 g/mol. The van der Waals surface area contributed by atoms with Crippen molar-refractivity contribution in [1.29, 1.82) is 0 Å². The van der Waals surface area contributed by atoms with Crippen molar-refractivity contribution in [3.63, 3.8) is 0 Å². The van der Waals surface area contributed by atoms with E-state index < -0.39 is 0 Å². The number of thioether (sulfide) groups is 2. The van der Waals surface area contributed by atoms with Gasteiger partial charge in [-0.25, -0.2) is 4.79 Å². The topological polar surface area (TPSA) is 44.8 Å². The van der Waals surface area contributed by atoms with Crippen LogP contribution in [0.5, 0.6) is 11.5 Å². The number of rotatable bonds is 4. The molecule has 0 amide bonds. The van der Waals surface area contributed by atoms with E-state index in [-0.39, 0.29) is 19.4 Å². The van der Waals surface area contributed by atoms with Crippen LogP contribution in [0.25, 0.3) is 0 Å². The molecule has 0 aromatic heterocycles. The Hall–Kier alpha value is -1.50. The van der Waals surface area contributed by atoms with Crippen LogP contribution < -0.4 is 9.47 Å². The van der Waals surface area contributed by atoms with E-state index in [0.29, 0.717) is 26.7 Å². The van der Waals surface area contributed by atoms with Gasteiger partial charge in [0.05, 0.1) is 15.2 Å². The van der Waals surface area contributed by atoms with E-state index >= 15 is 0 Å². The van der Waals surface area contributed by atoms with Gasteiger partial charge >= 0.3 is 5.97 Å². The Balaban J connectivity index is 1.39. The Morgan fingerprint density at radius 2 is 1.92 bits per heavy atom. The molecule has 4 rings (SSSR count). The Kier molecular flexibility index (Phi) is 5.01. The molecule has 2 aliphatic rings. The second kappa shape index (κ2) is 7.40. The largest absolute Gasteiger partial charge is 0.457 e. The third kappa shape index (κ3) is 3.71. The van der Waals surface area contributed by atoms with E-state index in [1.54, 1.807) is 12.1 Å². The second-order valence-electron chi connectivity index (χ2n) is 5.58. The minimum Gasteiger partial charge on any atom is -0.457 e. The fraction of sp³-hybridized carbons (Fsp3) is 0.278. The van der Waals surface area contributed by atoms with Gasteiger partial charge in [0.25, 0.3) is 0 Å². The molecule has 0 bridgehead atoms. The SMILES string of the molecule is O=C(OCc1cc(Cl)c2c(c1)OCO2)c1ccc(C2SCCS2)cc1. The van der Waals surface area contributed by atoms with Crippen molar-refractivity contribution >= 4 is 41.1 Å². The van der Waals surface area contributed by atoms with Crippen LogP contribution in [0.1, 0.15) is 26.1 Å². The molecule has 2 aromatic carbocycles. The van der Waals surface area contributed by atoms with Crippen LogP contribution in [0, 0.1) is 0 Å². The Bertz CT molecular complexity index is 788. The molecule has 25 heavy (non-hydrogen) atoms. The summed E-state index contributed by atoms with van der Waals surface area (Å²) in [4.78, 5) is 12.2. The van der Waals surface area contributed by atoms with Gasteiger partial charge < -0.3 is 14.2 Å². The van der Waals surface area contributed by atoms with Gasteiger partial charge in [0.1, 0.15) is 6.61 Å². The number of carbonyl (C=O) groups is 1. The summed E-state index contributed by atoms with van der Waals surface area (Å²) in [7, 11) is 0. The first-order valence-electron chi connectivity index (χ1n) is 7.79. The summed E-state index contributed by atoms with van der Waals surface area (Å²) >= 11 is 10.0. The van der Waals surface area contributed by atoms with Gasteiger partial charge in [0, 0.05) is 11.5 Å². The minimum absolute atomic E-state index is 0.130. The number of benzene rings is 2. The highest BCUT2D eigenvalue weighted by Crippen LogP contribution is 2.45. The lowest BCUT2D eigenvalue weighted by molar-refractivity contribution is 0.0472. The molecule has 0 unspecified atom stereocenters. The van der Waals surface area contributed by atoms with E-state index in [2.05, 4.69) is 0 Å². The van der Waals surface area contributed by atoms with Crippen molar-refractivity contribution in [3.05, 3.63) is 58.1 Å². The van der Waals surface area contributed by atoms with Gasteiger partial charge in [0.2, 0.25) is 6.79 Å². The van der Waals surface area contributed by atoms with Gasteiger partial charge in [-0.05, 0) is 35.4 Å². The van der Waals surface area contributed by atoms with Gasteiger partial charge in [-0.1, -0.05) is 23.7 Å². The zero-order valence-electron chi connectivity index (χ0n) is 13.2. The highest BCUT2D eigenvalue weighted by molar-refractivity contribution is 8.19. The first-order valence-corrected chi connectivity index (χ1v) is 10.3. The molecule has 7 heteroatoms. The lowest BCUT2D eigenvalue weighted by Crippen LogP contribution is -2.05. The molecular formula is C18H15ClO4S2. The van der Waals surface area contributed by atoms with E-state index in [0.717, 1.165) is 5.56 Å². The fourth-order valence-electron chi connectivity index (χ4n) is 2.66. The monoisotopic (exact) mass is 394 g/mol. The Morgan fingerprint density at radius 1 is 1.16 bits per heavy atom. The molecule has 0 saturated carbocycles. The van der Waals surface area contributed by atoms with E-state index in [1.807, 2.05) is 47.8 Å². The third-order valence-electron chi connectivity index (χ3n) is 3.90. The first kappa shape index (κ1) is 16.9. The molecule has 1 saturated heterocycles. The van der Waals surface area contributed by atoms with E-state index in [1.165, 1.54) is 17.1 Å². The van der Waals surface area contributed by atoms with Gasteiger partial charge in [-0.2, -0.15) is 0 Å². The predicted molar refractivity (Wildman–Crippen MR) is 101 cm³/mol. The molecule has 2 heterocycles. The van der Waals surface area contributed by atoms with Crippen LogP contribution in [0.3, 0.4) is 0 Å². The molecule has 2 aromatic rings. The smallest absolute Gasteiger partial charge is 0.338 e. The number of fused-ring (bicyclic) bond motifs is 1. The summed E-state index contributed by atoms with van der Waals surface area (Å²) < 4.78 is 16.5. The molecule has 0 N–H and O–H groups in total. The Labute approximate surface area is 159 Å². The lowest BCUT2D eigenvalue weighted by Gasteiger charge is -2.10. The molecule has 4 nitrogen and oxygen atoms in total. The number of hydrogen-bond acceptors (Lipinski definition) is 6. The van der Waals surface area contributed by atoms with E-state index in [9.17, 15) is 4.79 Å². The fourth-order valence-corrected chi connectivity index (χ4v) is 5.81. The minimum atomic E-state index is -0.355. The second-order valence-corrected chi connectivity index (χ2v) is 8.71. The molecule has 0 atom stereocenters. The third-order valence-corrected chi connectivity index (χ3v) is 7.28. The normalized spacial score (nSPS) is 16.2. The summed E-state index contributed by atoms with van der Waals surface area (Å²) in [6.07, 6.45) is 0. The highest BCUT2D eigenvalue weighted by Gasteiger charge is 2.20.